The Morgan fingerprint density at radius 3 is 2.21 bits per heavy atom. The van der Waals surface area contributed by atoms with Crippen molar-refractivity contribution < 1.29 is 9.21 Å². The van der Waals surface area contributed by atoms with Gasteiger partial charge in [-0.1, -0.05) is 102 Å². The van der Waals surface area contributed by atoms with Gasteiger partial charge in [0.05, 0.1) is 11.4 Å². The van der Waals surface area contributed by atoms with Crippen molar-refractivity contribution >= 4 is 23.6 Å². The number of nitriles is 1. The van der Waals surface area contributed by atoms with Crippen LogP contribution in [0.4, 0.5) is 5.88 Å². The molecule has 5 aromatic rings. The minimum absolute atomic E-state index is 0.0592. The fourth-order valence-corrected chi connectivity index (χ4v) is 4.77. The van der Waals surface area contributed by atoms with Crippen molar-refractivity contribution in [3.05, 3.63) is 108 Å². The number of anilines is 1. The number of rotatable bonds is 7. The molecule has 0 saturated carbocycles. The maximum Gasteiger partial charge on any atom is 0.237 e. The van der Waals surface area contributed by atoms with E-state index in [-0.39, 0.29) is 23.1 Å². The molecule has 2 aromatic heterocycles. The molecule has 38 heavy (non-hydrogen) atoms. The fourth-order valence-electron chi connectivity index (χ4n) is 4.07. The van der Waals surface area contributed by atoms with Gasteiger partial charge in [-0.3, -0.25) is 10.1 Å². The van der Waals surface area contributed by atoms with Gasteiger partial charge in [-0.25, -0.2) is 9.97 Å². The standard InChI is InChI=1S/C31H24N4O2S/c1-20-13-15-22(16-14-20)26-17-21(2)33-31(34-26)38-19-27(36)35-30-25(18-32)28(23-9-5-3-6-10-23)29(37-30)24-11-7-4-8-12-24/h3-17H,19H2,1-2H3,(H,35,36). The van der Waals surface area contributed by atoms with Crippen LogP contribution in [0.25, 0.3) is 33.7 Å². The average Bonchev–Trinajstić information content (AvgIpc) is 3.31. The minimum atomic E-state index is -0.318. The van der Waals surface area contributed by atoms with Crippen molar-refractivity contribution in [3.63, 3.8) is 0 Å². The van der Waals surface area contributed by atoms with Crippen LogP contribution in [0.5, 0.6) is 0 Å². The largest absolute Gasteiger partial charge is 0.438 e. The van der Waals surface area contributed by atoms with Gasteiger partial charge in [-0.05, 0) is 25.5 Å². The number of hydrogen-bond donors (Lipinski definition) is 1. The van der Waals surface area contributed by atoms with Crippen molar-refractivity contribution in [3.8, 4) is 39.8 Å². The molecule has 0 aliphatic rings. The van der Waals surface area contributed by atoms with Crippen LogP contribution in [0, 0.1) is 25.2 Å². The number of benzene rings is 3. The Kier molecular flexibility index (Phi) is 7.34. The number of amides is 1. The molecule has 0 radical (unpaired) electrons. The van der Waals surface area contributed by atoms with Crippen LogP contribution in [0.3, 0.4) is 0 Å². The highest BCUT2D eigenvalue weighted by molar-refractivity contribution is 7.99. The Morgan fingerprint density at radius 2 is 1.55 bits per heavy atom. The topological polar surface area (TPSA) is 91.8 Å². The Labute approximate surface area is 225 Å². The van der Waals surface area contributed by atoms with E-state index in [1.54, 1.807) is 0 Å². The highest BCUT2D eigenvalue weighted by Crippen LogP contribution is 2.41. The van der Waals surface area contributed by atoms with E-state index in [1.807, 2.05) is 105 Å². The lowest BCUT2D eigenvalue weighted by atomic mass is 9.98. The van der Waals surface area contributed by atoms with Crippen molar-refractivity contribution in [1.82, 2.24) is 9.97 Å². The lowest BCUT2D eigenvalue weighted by molar-refractivity contribution is -0.113. The van der Waals surface area contributed by atoms with Gasteiger partial charge in [-0.15, -0.1) is 0 Å². The Hall–Kier alpha value is -4.67. The smallest absolute Gasteiger partial charge is 0.237 e. The Bertz CT molecular complexity index is 1620. The van der Waals surface area contributed by atoms with Gasteiger partial charge in [-0.2, -0.15) is 5.26 Å². The zero-order chi connectivity index (χ0) is 26.5. The molecule has 7 heteroatoms. The summed E-state index contributed by atoms with van der Waals surface area (Å²) in [4.78, 5) is 22.1. The molecule has 0 aliphatic heterocycles. The van der Waals surface area contributed by atoms with Crippen LogP contribution in [-0.4, -0.2) is 21.6 Å². The predicted octanol–water partition coefficient (Wildman–Crippen LogP) is 7.29. The number of thioether (sulfide) groups is 1. The van der Waals surface area contributed by atoms with Crippen LogP contribution in [0.2, 0.25) is 0 Å². The van der Waals surface area contributed by atoms with Crippen LogP contribution in [0.1, 0.15) is 16.8 Å². The SMILES string of the molecule is Cc1ccc(-c2cc(C)nc(SCC(=O)Nc3oc(-c4ccccc4)c(-c4ccccc4)c3C#N)n2)cc1. The molecular formula is C31H24N4O2S. The molecule has 0 saturated heterocycles. The molecular weight excluding hydrogens is 492 g/mol. The number of aryl methyl sites for hydroxylation is 2. The second kappa shape index (κ2) is 11.2. The molecule has 5 rings (SSSR count). The molecule has 0 unspecified atom stereocenters. The third-order valence-corrected chi connectivity index (χ3v) is 6.73. The fraction of sp³-hybridized carbons (Fsp3) is 0.0968. The van der Waals surface area contributed by atoms with E-state index in [0.717, 1.165) is 28.1 Å². The van der Waals surface area contributed by atoms with Crippen LogP contribution in [0.15, 0.2) is 101 Å². The molecule has 0 spiro atoms. The molecule has 6 nitrogen and oxygen atoms in total. The number of carbonyl (C=O) groups excluding carboxylic acids is 1. The Balaban J connectivity index is 1.39. The molecule has 0 bridgehead atoms. The van der Waals surface area contributed by atoms with E-state index in [2.05, 4.69) is 21.4 Å². The number of carbonyl (C=O) groups is 1. The van der Waals surface area contributed by atoms with Gasteiger partial charge in [0.1, 0.15) is 17.4 Å². The minimum Gasteiger partial charge on any atom is -0.438 e. The first-order valence-corrected chi connectivity index (χ1v) is 13.0. The first-order valence-electron chi connectivity index (χ1n) is 12.0. The molecule has 0 aliphatic carbocycles. The van der Waals surface area contributed by atoms with Crippen LogP contribution < -0.4 is 5.32 Å². The summed E-state index contributed by atoms with van der Waals surface area (Å²) in [5, 5.41) is 13.3. The average molecular weight is 517 g/mol. The lowest BCUT2D eigenvalue weighted by Crippen LogP contribution is -2.14. The van der Waals surface area contributed by atoms with Crippen molar-refractivity contribution in [1.29, 1.82) is 5.26 Å². The number of furan rings is 1. The second-order valence-electron chi connectivity index (χ2n) is 8.73. The van der Waals surface area contributed by atoms with Crippen LogP contribution >= 0.6 is 11.8 Å². The monoisotopic (exact) mass is 516 g/mol. The maximum atomic E-state index is 13.0. The van der Waals surface area contributed by atoms with Crippen molar-refractivity contribution in [2.24, 2.45) is 0 Å². The molecule has 0 fully saturated rings. The predicted molar refractivity (Wildman–Crippen MR) is 151 cm³/mol. The van der Waals surface area contributed by atoms with Crippen molar-refractivity contribution in [2.75, 3.05) is 11.1 Å². The third-order valence-electron chi connectivity index (χ3n) is 5.88. The first-order chi connectivity index (χ1) is 18.5. The third kappa shape index (κ3) is 5.51. The zero-order valence-corrected chi connectivity index (χ0v) is 21.8. The molecule has 186 valence electrons. The van der Waals surface area contributed by atoms with Gasteiger partial charge < -0.3 is 4.42 Å². The summed E-state index contributed by atoms with van der Waals surface area (Å²) < 4.78 is 6.11. The summed E-state index contributed by atoms with van der Waals surface area (Å²) >= 11 is 1.23. The summed E-state index contributed by atoms with van der Waals surface area (Å²) in [5.41, 5.74) is 6.35. The maximum absolute atomic E-state index is 13.0. The number of nitrogens with zero attached hydrogens (tertiary/aromatic N) is 3. The van der Waals surface area contributed by atoms with E-state index in [0.29, 0.717) is 16.5 Å². The highest BCUT2D eigenvalue weighted by atomic mass is 32.2. The molecule has 1 N–H and O–H groups in total. The summed E-state index contributed by atoms with van der Waals surface area (Å²) in [6, 6.07) is 31.4. The van der Waals surface area contributed by atoms with E-state index in [4.69, 9.17) is 4.42 Å². The first kappa shape index (κ1) is 25.0. The zero-order valence-electron chi connectivity index (χ0n) is 20.9. The van der Waals surface area contributed by atoms with Gasteiger partial charge in [0, 0.05) is 22.4 Å². The summed E-state index contributed by atoms with van der Waals surface area (Å²) in [7, 11) is 0. The quantitative estimate of drug-likeness (QED) is 0.180. The molecule has 0 atom stereocenters. The van der Waals surface area contributed by atoms with Gasteiger partial charge >= 0.3 is 0 Å². The number of hydrogen-bond acceptors (Lipinski definition) is 6. The van der Waals surface area contributed by atoms with E-state index >= 15 is 0 Å². The van der Waals surface area contributed by atoms with Crippen LogP contribution in [-0.2, 0) is 4.79 Å². The molecule has 3 aromatic carbocycles. The summed E-state index contributed by atoms with van der Waals surface area (Å²) in [6.07, 6.45) is 0. The van der Waals surface area contributed by atoms with Crippen molar-refractivity contribution in [2.45, 2.75) is 19.0 Å². The number of nitrogens with one attached hydrogen (secondary N) is 1. The number of aromatic nitrogens is 2. The normalized spacial score (nSPS) is 10.7. The summed E-state index contributed by atoms with van der Waals surface area (Å²) in [5.74, 6) is 0.396. The van der Waals surface area contributed by atoms with Gasteiger partial charge in [0.15, 0.2) is 5.16 Å². The van der Waals surface area contributed by atoms with Gasteiger partial charge in [0.25, 0.3) is 0 Å². The Morgan fingerprint density at radius 1 is 0.895 bits per heavy atom. The van der Waals surface area contributed by atoms with E-state index in [1.165, 1.54) is 17.3 Å². The summed E-state index contributed by atoms with van der Waals surface area (Å²) in [6.45, 7) is 3.94. The lowest BCUT2D eigenvalue weighted by Gasteiger charge is -2.07. The molecule has 2 heterocycles. The highest BCUT2D eigenvalue weighted by Gasteiger charge is 2.24. The molecule has 1 amide bonds. The second-order valence-corrected chi connectivity index (χ2v) is 9.68. The van der Waals surface area contributed by atoms with E-state index < -0.39 is 0 Å². The van der Waals surface area contributed by atoms with E-state index in [9.17, 15) is 10.1 Å². The van der Waals surface area contributed by atoms with Gasteiger partial charge in [0.2, 0.25) is 11.8 Å².